The molecule has 0 aromatic carbocycles. The van der Waals surface area contributed by atoms with Crippen LogP contribution in [-0.4, -0.2) is 30.6 Å². The number of phosphoric acid groups is 1. The number of amides is 1. The van der Waals surface area contributed by atoms with Crippen LogP contribution in [0, 0.1) is 0 Å². The smallest absolute Gasteiger partial charge is 0.354 e. The van der Waals surface area contributed by atoms with E-state index >= 15 is 0 Å². The first kappa shape index (κ1) is 26.6. The van der Waals surface area contributed by atoms with E-state index in [4.69, 9.17) is 9.05 Å². The number of phosphoric ester groups is 1. The first-order valence-electron chi connectivity index (χ1n) is 10.9. The second-order valence-corrected chi connectivity index (χ2v) is 8.58. The van der Waals surface area contributed by atoms with Crippen molar-refractivity contribution in [2.75, 3.05) is 19.8 Å². The van der Waals surface area contributed by atoms with Gasteiger partial charge in [0.25, 0.3) is 0 Å². The van der Waals surface area contributed by atoms with E-state index in [0.29, 0.717) is 6.42 Å². The highest BCUT2D eigenvalue weighted by molar-refractivity contribution is 7.47. The third kappa shape index (κ3) is 20.1. The van der Waals surface area contributed by atoms with E-state index in [1.165, 1.54) is 44.9 Å². The second-order valence-electron chi connectivity index (χ2n) is 7.12. The molecule has 0 radical (unpaired) electrons. The van der Waals surface area contributed by atoms with Crippen molar-refractivity contribution >= 4 is 13.7 Å². The Morgan fingerprint density at radius 3 is 1.85 bits per heavy atom. The van der Waals surface area contributed by atoms with Crippen LogP contribution in [-0.2, 0) is 18.4 Å². The quantitative estimate of drug-likeness (QED) is 0.199. The number of carbonyl (C=O) groups is 1. The lowest BCUT2D eigenvalue weighted by Crippen LogP contribution is -2.26. The Morgan fingerprint density at radius 2 is 1.26 bits per heavy atom. The molecule has 1 unspecified atom stereocenters. The molecule has 0 heterocycles. The number of unbranched alkanes of at least 4 members (excludes halogenated alkanes) is 11. The fourth-order valence-corrected chi connectivity index (χ4v) is 3.54. The van der Waals surface area contributed by atoms with Crippen LogP contribution in [0.25, 0.3) is 0 Å². The highest BCUT2D eigenvalue weighted by Crippen LogP contribution is 2.43. The van der Waals surface area contributed by atoms with Gasteiger partial charge in [-0.05, 0) is 12.8 Å². The monoisotopic (exact) mass is 407 g/mol. The minimum Gasteiger partial charge on any atom is -0.354 e. The van der Waals surface area contributed by atoms with Crippen molar-refractivity contribution in [2.24, 2.45) is 0 Å². The third-order valence-electron chi connectivity index (χ3n) is 4.44. The topological polar surface area (TPSA) is 84.9 Å². The first-order chi connectivity index (χ1) is 13.0. The maximum atomic E-state index is 11.7. The van der Waals surface area contributed by atoms with Gasteiger partial charge in [0.15, 0.2) is 0 Å². The summed E-state index contributed by atoms with van der Waals surface area (Å²) in [5.74, 6) is -0.0391. The molecule has 0 fully saturated rings. The number of carbonyl (C=O) groups excluding carboxylic acids is 1. The zero-order valence-corrected chi connectivity index (χ0v) is 18.4. The fourth-order valence-electron chi connectivity index (χ4n) is 2.78. The molecule has 7 heteroatoms. The van der Waals surface area contributed by atoms with Crippen molar-refractivity contribution in [2.45, 2.75) is 104 Å². The molecule has 1 amide bonds. The van der Waals surface area contributed by atoms with Crippen LogP contribution in [0.2, 0.25) is 0 Å². The lowest BCUT2D eigenvalue weighted by atomic mass is 10.1. The number of nitrogens with one attached hydrogen (secondary N) is 1. The highest BCUT2D eigenvalue weighted by atomic mass is 31.2. The summed E-state index contributed by atoms with van der Waals surface area (Å²) in [4.78, 5) is 21.2. The second kappa shape index (κ2) is 18.9. The van der Waals surface area contributed by atoms with Gasteiger partial charge in [-0.1, -0.05) is 84.5 Å². The van der Waals surface area contributed by atoms with Crippen molar-refractivity contribution in [1.82, 2.24) is 5.32 Å². The van der Waals surface area contributed by atoms with E-state index < -0.39 is 7.82 Å². The SMILES string of the molecule is CCCCCCCCCCOP(=O)(O)OCCNC(=O)CCCCCCC. The Balaban J connectivity index is 3.49. The van der Waals surface area contributed by atoms with Gasteiger partial charge in [0.2, 0.25) is 5.91 Å². The van der Waals surface area contributed by atoms with Gasteiger partial charge >= 0.3 is 7.82 Å². The van der Waals surface area contributed by atoms with Gasteiger partial charge in [0.1, 0.15) is 0 Å². The van der Waals surface area contributed by atoms with Crippen molar-refractivity contribution in [1.29, 1.82) is 0 Å². The minimum atomic E-state index is -4.01. The fraction of sp³-hybridized carbons (Fsp3) is 0.950. The first-order valence-corrected chi connectivity index (χ1v) is 12.4. The molecule has 0 aromatic heterocycles. The lowest BCUT2D eigenvalue weighted by molar-refractivity contribution is -0.121. The molecular weight excluding hydrogens is 365 g/mol. The summed E-state index contributed by atoms with van der Waals surface area (Å²) in [5, 5.41) is 2.70. The van der Waals surface area contributed by atoms with E-state index in [2.05, 4.69) is 19.2 Å². The van der Waals surface area contributed by atoms with Crippen LogP contribution in [0.1, 0.15) is 104 Å². The standard InChI is InChI=1S/C20H42NO5P/c1-3-5-7-9-10-11-13-15-18-25-27(23,24)26-19-17-21-20(22)16-14-12-8-6-4-2/h3-19H2,1-2H3,(H,21,22)(H,23,24). The zero-order chi connectivity index (χ0) is 20.2. The van der Waals surface area contributed by atoms with Crippen molar-refractivity contribution in [3.05, 3.63) is 0 Å². The zero-order valence-electron chi connectivity index (χ0n) is 17.5. The van der Waals surface area contributed by atoms with E-state index in [-0.39, 0.29) is 25.7 Å². The summed E-state index contributed by atoms with van der Waals surface area (Å²) >= 11 is 0. The molecular formula is C20H42NO5P. The molecule has 0 aromatic rings. The van der Waals surface area contributed by atoms with Gasteiger partial charge in [-0.15, -0.1) is 0 Å². The molecule has 162 valence electrons. The molecule has 1 atom stereocenters. The van der Waals surface area contributed by atoms with Crippen LogP contribution in [0.3, 0.4) is 0 Å². The lowest BCUT2D eigenvalue weighted by Gasteiger charge is -2.12. The Hall–Kier alpha value is -0.420. The maximum Gasteiger partial charge on any atom is 0.472 e. The van der Waals surface area contributed by atoms with E-state index in [9.17, 15) is 14.3 Å². The molecule has 6 nitrogen and oxygen atoms in total. The van der Waals surface area contributed by atoms with Gasteiger partial charge in [-0.2, -0.15) is 0 Å². The molecule has 0 bridgehead atoms. The van der Waals surface area contributed by atoms with Gasteiger partial charge in [-0.3, -0.25) is 13.8 Å². The van der Waals surface area contributed by atoms with E-state index in [0.717, 1.165) is 38.5 Å². The molecule has 0 aliphatic heterocycles. The van der Waals surface area contributed by atoms with Crippen LogP contribution in [0.4, 0.5) is 0 Å². The van der Waals surface area contributed by atoms with Gasteiger partial charge in [-0.25, -0.2) is 4.57 Å². The van der Waals surface area contributed by atoms with Crippen LogP contribution >= 0.6 is 7.82 Å². The summed E-state index contributed by atoms with van der Waals surface area (Å²) in [6.45, 7) is 4.79. The third-order valence-corrected chi connectivity index (χ3v) is 5.46. The molecule has 0 aliphatic carbocycles. The van der Waals surface area contributed by atoms with Gasteiger partial charge in [0, 0.05) is 13.0 Å². The number of rotatable bonds is 20. The molecule has 0 spiro atoms. The van der Waals surface area contributed by atoms with Crippen LogP contribution in [0.15, 0.2) is 0 Å². The summed E-state index contributed by atoms with van der Waals surface area (Å²) in [6, 6.07) is 0. The Morgan fingerprint density at radius 1 is 0.778 bits per heavy atom. The van der Waals surface area contributed by atoms with Crippen LogP contribution < -0.4 is 5.32 Å². The highest BCUT2D eigenvalue weighted by Gasteiger charge is 2.20. The van der Waals surface area contributed by atoms with Gasteiger partial charge < -0.3 is 10.2 Å². The van der Waals surface area contributed by atoms with Crippen molar-refractivity contribution in [3.8, 4) is 0 Å². The van der Waals surface area contributed by atoms with Crippen molar-refractivity contribution < 1.29 is 23.3 Å². The maximum absolute atomic E-state index is 11.7. The molecule has 0 saturated heterocycles. The average molecular weight is 408 g/mol. The summed E-state index contributed by atoms with van der Waals surface area (Å²) in [7, 11) is -4.01. The predicted octanol–water partition coefficient (Wildman–Crippen LogP) is 5.74. The Labute approximate surface area is 166 Å². The van der Waals surface area contributed by atoms with E-state index in [1.807, 2.05) is 0 Å². The van der Waals surface area contributed by atoms with Gasteiger partial charge in [0.05, 0.1) is 13.2 Å². The Bertz CT molecular complexity index is 393. The average Bonchev–Trinajstić information content (AvgIpc) is 2.64. The number of hydrogen-bond acceptors (Lipinski definition) is 4. The summed E-state index contributed by atoms with van der Waals surface area (Å²) in [5.41, 5.74) is 0. The molecule has 0 aliphatic rings. The summed E-state index contributed by atoms with van der Waals surface area (Å²) in [6.07, 6.45) is 15.2. The molecule has 0 saturated carbocycles. The normalized spacial score (nSPS) is 13.4. The Kier molecular flexibility index (Phi) is 18.6. The predicted molar refractivity (Wildman–Crippen MR) is 111 cm³/mol. The molecule has 27 heavy (non-hydrogen) atoms. The minimum absolute atomic E-state index is 0.0211. The van der Waals surface area contributed by atoms with Crippen LogP contribution in [0.5, 0.6) is 0 Å². The van der Waals surface area contributed by atoms with E-state index in [1.54, 1.807) is 0 Å². The van der Waals surface area contributed by atoms with Crippen molar-refractivity contribution in [3.63, 3.8) is 0 Å². The summed E-state index contributed by atoms with van der Waals surface area (Å²) < 4.78 is 21.6. The number of hydrogen-bond donors (Lipinski definition) is 2. The largest absolute Gasteiger partial charge is 0.472 e. The molecule has 0 rings (SSSR count). The molecule has 2 N–H and O–H groups in total.